The van der Waals surface area contributed by atoms with Crippen LogP contribution in [0.1, 0.15) is 51.6 Å². The molecule has 1 fully saturated rings. The first-order valence-electron chi connectivity index (χ1n) is 9.22. The Balaban J connectivity index is 2.36. The van der Waals surface area contributed by atoms with E-state index in [1.165, 1.54) is 0 Å². The number of benzene rings is 1. The van der Waals surface area contributed by atoms with Gasteiger partial charge < -0.3 is 10.0 Å². The van der Waals surface area contributed by atoms with Crippen LogP contribution in [0.4, 0.5) is 0 Å². The van der Waals surface area contributed by atoms with Crippen molar-refractivity contribution in [2.45, 2.75) is 52.1 Å². The number of halogens is 1. The van der Waals surface area contributed by atoms with Crippen molar-refractivity contribution in [3.63, 3.8) is 0 Å². The van der Waals surface area contributed by atoms with E-state index < -0.39 is 11.9 Å². The topological polar surface area (TPSA) is 57.6 Å². The van der Waals surface area contributed by atoms with Gasteiger partial charge in [0.05, 0.1) is 12.5 Å². The van der Waals surface area contributed by atoms with E-state index in [0.717, 1.165) is 23.5 Å². The van der Waals surface area contributed by atoms with E-state index in [9.17, 15) is 14.7 Å². The second-order valence-electron chi connectivity index (χ2n) is 7.16. The molecule has 1 N–H and O–H groups in total. The molecular formula is C20H28ClNO3S. The first kappa shape index (κ1) is 21.1. The lowest BCUT2D eigenvalue weighted by molar-refractivity contribution is -0.151. The van der Waals surface area contributed by atoms with Gasteiger partial charge in [-0.1, -0.05) is 44.5 Å². The summed E-state index contributed by atoms with van der Waals surface area (Å²) in [6.07, 6.45) is 1.31. The van der Waals surface area contributed by atoms with Gasteiger partial charge in [-0.25, -0.2) is 0 Å². The van der Waals surface area contributed by atoms with Crippen molar-refractivity contribution in [1.82, 2.24) is 4.90 Å². The SMILES string of the molecule is CCSCC(C(C)C)N1C(=O)C(CC(=O)O)CCC1c1ccc(Cl)cc1. The highest BCUT2D eigenvalue weighted by atomic mass is 35.5. The molecule has 0 spiro atoms. The molecule has 1 saturated heterocycles. The van der Waals surface area contributed by atoms with Gasteiger partial charge in [0.15, 0.2) is 0 Å². The van der Waals surface area contributed by atoms with Gasteiger partial charge >= 0.3 is 5.97 Å². The quantitative estimate of drug-likeness (QED) is 0.679. The average Bonchev–Trinajstić information content (AvgIpc) is 2.58. The van der Waals surface area contributed by atoms with E-state index in [-0.39, 0.29) is 24.4 Å². The van der Waals surface area contributed by atoms with E-state index in [1.54, 1.807) is 0 Å². The smallest absolute Gasteiger partial charge is 0.304 e. The summed E-state index contributed by atoms with van der Waals surface area (Å²) < 4.78 is 0. The number of piperidine rings is 1. The minimum absolute atomic E-state index is 0.0188. The zero-order valence-electron chi connectivity index (χ0n) is 15.7. The molecule has 1 heterocycles. The molecule has 0 bridgehead atoms. The monoisotopic (exact) mass is 397 g/mol. The van der Waals surface area contributed by atoms with Crippen LogP contribution >= 0.6 is 23.4 Å². The van der Waals surface area contributed by atoms with E-state index in [0.29, 0.717) is 17.4 Å². The predicted molar refractivity (Wildman–Crippen MR) is 108 cm³/mol. The number of hydrogen-bond acceptors (Lipinski definition) is 3. The van der Waals surface area contributed by atoms with Crippen molar-refractivity contribution >= 4 is 35.2 Å². The summed E-state index contributed by atoms with van der Waals surface area (Å²) in [5, 5.41) is 9.86. The van der Waals surface area contributed by atoms with Crippen molar-refractivity contribution in [2.24, 2.45) is 11.8 Å². The Bertz CT molecular complexity index is 620. The molecule has 3 unspecified atom stereocenters. The van der Waals surface area contributed by atoms with Gasteiger partial charge in [0.1, 0.15) is 0 Å². The van der Waals surface area contributed by atoms with Crippen molar-refractivity contribution < 1.29 is 14.7 Å². The number of carbonyl (C=O) groups excluding carboxylic acids is 1. The lowest BCUT2D eigenvalue weighted by atomic mass is 9.84. The number of amides is 1. The summed E-state index contributed by atoms with van der Waals surface area (Å²) in [5.41, 5.74) is 1.07. The Labute approximate surface area is 165 Å². The van der Waals surface area contributed by atoms with Crippen molar-refractivity contribution in [2.75, 3.05) is 11.5 Å². The number of carboxylic acid groups (broad SMARTS) is 1. The van der Waals surface area contributed by atoms with Crippen LogP contribution in [0.3, 0.4) is 0 Å². The number of thioether (sulfide) groups is 1. The number of aliphatic carboxylic acids is 1. The standard InChI is InChI=1S/C20H28ClNO3S/c1-4-26-12-18(13(2)3)22-17(14-5-8-16(21)9-6-14)10-7-15(20(22)25)11-19(23)24/h5-6,8-9,13,15,17-18H,4,7,10-12H2,1-3H3,(H,23,24). The Kier molecular flexibility index (Phi) is 7.84. The predicted octanol–water partition coefficient (Wildman–Crippen LogP) is 4.87. The third-order valence-electron chi connectivity index (χ3n) is 5.02. The Morgan fingerprint density at radius 1 is 1.31 bits per heavy atom. The van der Waals surface area contributed by atoms with Crippen LogP contribution in [-0.2, 0) is 9.59 Å². The van der Waals surface area contributed by atoms with Crippen molar-refractivity contribution in [3.8, 4) is 0 Å². The average molecular weight is 398 g/mol. The number of hydrogen-bond donors (Lipinski definition) is 1. The summed E-state index contributed by atoms with van der Waals surface area (Å²) in [5.74, 6) is 0.811. The van der Waals surface area contributed by atoms with Gasteiger partial charge in [0, 0.05) is 22.7 Å². The highest BCUT2D eigenvalue weighted by Gasteiger charge is 2.41. The first-order valence-corrected chi connectivity index (χ1v) is 10.8. The molecule has 1 aliphatic heterocycles. The maximum atomic E-state index is 13.2. The fraction of sp³-hybridized carbons (Fsp3) is 0.600. The molecule has 1 aromatic rings. The second-order valence-corrected chi connectivity index (χ2v) is 8.91. The molecule has 3 atom stereocenters. The lowest BCUT2D eigenvalue weighted by Crippen LogP contribution is -2.52. The van der Waals surface area contributed by atoms with Crippen LogP contribution in [-0.4, -0.2) is 39.4 Å². The summed E-state index contributed by atoms with van der Waals surface area (Å²) in [6, 6.07) is 7.74. The number of likely N-dealkylation sites (tertiary alicyclic amines) is 1. The molecule has 1 amide bonds. The Morgan fingerprint density at radius 2 is 1.96 bits per heavy atom. The van der Waals surface area contributed by atoms with Crippen LogP contribution in [0.2, 0.25) is 5.02 Å². The zero-order chi connectivity index (χ0) is 19.3. The zero-order valence-corrected chi connectivity index (χ0v) is 17.2. The molecule has 2 rings (SSSR count). The molecule has 0 aliphatic carbocycles. The van der Waals surface area contributed by atoms with E-state index in [1.807, 2.05) is 40.9 Å². The molecule has 0 aromatic heterocycles. The minimum Gasteiger partial charge on any atom is -0.481 e. The third-order valence-corrected chi connectivity index (χ3v) is 6.26. The van der Waals surface area contributed by atoms with Crippen LogP contribution in [0, 0.1) is 11.8 Å². The highest BCUT2D eigenvalue weighted by molar-refractivity contribution is 7.99. The van der Waals surface area contributed by atoms with Gasteiger partial charge in [-0.3, -0.25) is 9.59 Å². The molecule has 6 heteroatoms. The normalized spacial score (nSPS) is 21.9. The van der Waals surface area contributed by atoms with E-state index in [2.05, 4.69) is 20.8 Å². The van der Waals surface area contributed by atoms with Crippen LogP contribution in [0.25, 0.3) is 0 Å². The molecule has 0 radical (unpaired) electrons. The summed E-state index contributed by atoms with van der Waals surface area (Å²) in [7, 11) is 0. The van der Waals surface area contributed by atoms with Gasteiger partial charge in [-0.15, -0.1) is 0 Å². The van der Waals surface area contributed by atoms with Gasteiger partial charge in [-0.2, -0.15) is 11.8 Å². The first-order chi connectivity index (χ1) is 12.3. The second kappa shape index (κ2) is 9.65. The minimum atomic E-state index is -0.905. The summed E-state index contributed by atoms with van der Waals surface area (Å²) in [4.78, 5) is 26.4. The fourth-order valence-electron chi connectivity index (χ4n) is 3.63. The molecule has 1 aromatic carbocycles. The number of nitrogens with zero attached hydrogens (tertiary/aromatic N) is 1. The molecule has 26 heavy (non-hydrogen) atoms. The number of carbonyl (C=O) groups is 2. The maximum Gasteiger partial charge on any atom is 0.304 e. The Morgan fingerprint density at radius 3 is 2.50 bits per heavy atom. The fourth-order valence-corrected chi connectivity index (χ4v) is 4.77. The van der Waals surface area contributed by atoms with Crippen molar-refractivity contribution in [1.29, 1.82) is 0 Å². The van der Waals surface area contributed by atoms with Crippen LogP contribution in [0.15, 0.2) is 24.3 Å². The molecular weight excluding hydrogens is 370 g/mol. The lowest BCUT2D eigenvalue weighted by Gasteiger charge is -2.45. The largest absolute Gasteiger partial charge is 0.481 e. The van der Waals surface area contributed by atoms with Crippen LogP contribution in [0.5, 0.6) is 0 Å². The Hall–Kier alpha value is -1.20. The summed E-state index contributed by atoms with van der Waals surface area (Å²) in [6.45, 7) is 6.38. The van der Waals surface area contributed by atoms with Crippen molar-refractivity contribution in [3.05, 3.63) is 34.9 Å². The molecule has 144 valence electrons. The molecule has 4 nitrogen and oxygen atoms in total. The van der Waals surface area contributed by atoms with Crippen LogP contribution < -0.4 is 0 Å². The number of carboxylic acids is 1. The van der Waals surface area contributed by atoms with E-state index in [4.69, 9.17) is 11.6 Å². The third kappa shape index (κ3) is 5.17. The highest BCUT2D eigenvalue weighted by Crippen LogP contribution is 2.39. The maximum absolute atomic E-state index is 13.2. The number of rotatable bonds is 8. The van der Waals surface area contributed by atoms with Gasteiger partial charge in [0.2, 0.25) is 5.91 Å². The molecule has 1 aliphatic rings. The summed E-state index contributed by atoms with van der Waals surface area (Å²) >= 11 is 7.85. The van der Waals surface area contributed by atoms with Gasteiger partial charge in [-0.05, 0) is 42.2 Å². The molecule has 0 saturated carbocycles. The van der Waals surface area contributed by atoms with E-state index >= 15 is 0 Å². The van der Waals surface area contributed by atoms with Gasteiger partial charge in [0.25, 0.3) is 0 Å².